The summed E-state index contributed by atoms with van der Waals surface area (Å²) in [7, 11) is 0. The van der Waals surface area contributed by atoms with E-state index in [1.807, 2.05) is 30.3 Å². The van der Waals surface area contributed by atoms with E-state index in [0.717, 1.165) is 43.7 Å². The molecule has 0 aliphatic heterocycles. The summed E-state index contributed by atoms with van der Waals surface area (Å²) < 4.78 is 1.75. The number of hydrogen-bond donors (Lipinski definition) is 2. The van der Waals surface area contributed by atoms with Crippen LogP contribution in [0.2, 0.25) is 0 Å². The molecule has 0 aliphatic carbocycles. The molecule has 1 aromatic heterocycles. The molecular formula is C14H21N5O. The number of aromatic nitrogens is 4. The maximum absolute atomic E-state index is 8.69. The Morgan fingerprint density at radius 2 is 1.85 bits per heavy atom. The highest BCUT2D eigenvalue weighted by Crippen LogP contribution is 2.06. The molecule has 0 spiro atoms. The fourth-order valence-corrected chi connectivity index (χ4v) is 2.00. The van der Waals surface area contributed by atoms with Crippen LogP contribution in [0.5, 0.6) is 0 Å². The zero-order valence-electron chi connectivity index (χ0n) is 11.6. The van der Waals surface area contributed by atoms with Crippen molar-refractivity contribution in [2.75, 3.05) is 13.2 Å². The molecule has 2 N–H and O–H groups in total. The molecule has 6 heteroatoms. The number of aliphatic hydroxyl groups excluding tert-OH is 1. The Morgan fingerprint density at radius 1 is 1.05 bits per heavy atom. The Hall–Kier alpha value is -1.79. The van der Waals surface area contributed by atoms with E-state index in [9.17, 15) is 0 Å². The summed E-state index contributed by atoms with van der Waals surface area (Å²) in [5, 5.41) is 23.8. The van der Waals surface area contributed by atoms with Crippen LogP contribution in [-0.4, -0.2) is 38.5 Å². The third-order valence-electron chi connectivity index (χ3n) is 3.08. The number of tetrazole rings is 1. The Labute approximate surface area is 118 Å². The van der Waals surface area contributed by atoms with Gasteiger partial charge in [0.25, 0.3) is 0 Å². The number of unbranched alkanes of at least 4 members (excludes halogenated alkanes) is 3. The first-order valence-electron chi connectivity index (χ1n) is 7.06. The summed E-state index contributed by atoms with van der Waals surface area (Å²) in [6.45, 7) is 1.88. The van der Waals surface area contributed by atoms with E-state index in [1.165, 1.54) is 0 Å². The van der Waals surface area contributed by atoms with Gasteiger partial charge in [-0.1, -0.05) is 31.0 Å². The maximum atomic E-state index is 8.69. The molecule has 0 fully saturated rings. The molecule has 0 saturated heterocycles. The highest BCUT2D eigenvalue weighted by atomic mass is 16.2. The van der Waals surface area contributed by atoms with Crippen LogP contribution in [-0.2, 0) is 6.54 Å². The van der Waals surface area contributed by atoms with E-state index < -0.39 is 0 Å². The summed E-state index contributed by atoms with van der Waals surface area (Å²) in [6, 6.07) is 9.87. The molecule has 108 valence electrons. The first-order valence-corrected chi connectivity index (χ1v) is 7.06. The number of benzene rings is 1. The van der Waals surface area contributed by atoms with Crippen molar-refractivity contribution in [3.63, 3.8) is 0 Å². The molecule has 1 heterocycles. The number of rotatable bonds is 9. The van der Waals surface area contributed by atoms with E-state index >= 15 is 0 Å². The van der Waals surface area contributed by atoms with Crippen LogP contribution in [0.15, 0.2) is 30.3 Å². The van der Waals surface area contributed by atoms with Crippen molar-refractivity contribution in [1.29, 1.82) is 0 Å². The number of para-hydroxylation sites is 1. The minimum Gasteiger partial charge on any atom is -0.396 e. The van der Waals surface area contributed by atoms with Gasteiger partial charge in [-0.2, -0.15) is 4.68 Å². The van der Waals surface area contributed by atoms with Gasteiger partial charge in [0.1, 0.15) is 0 Å². The van der Waals surface area contributed by atoms with Crippen LogP contribution in [0.25, 0.3) is 5.69 Å². The maximum Gasteiger partial charge on any atom is 0.170 e. The van der Waals surface area contributed by atoms with Gasteiger partial charge in [0.05, 0.1) is 12.2 Å². The van der Waals surface area contributed by atoms with Crippen LogP contribution in [0, 0.1) is 0 Å². The van der Waals surface area contributed by atoms with Crippen molar-refractivity contribution in [2.24, 2.45) is 0 Å². The molecule has 0 bridgehead atoms. The van der Waals surface area contributed by atoms with Crippen molar-refractivity contribution in [1.82, 2.24) is 25.5 Å². The van der Waals surface area contributed by atoms with Crippen molar-refractivity contribution in [3.8, 4) is 5.69 Å². The van der Waals surface area contributed by atoms with Gasteiger partial charge in [-0.15, -0.1) is 5.10 Å². The molecule has 2 rings (SSSR count). The molecule has 20 heavy (non-hydrogen) atoms. The van der Waals surface area contributed by atoms with Crippen LogP contribution in [0.4, 0.5) is 0 Å². The summed E-state index contributed by atoms with van der Waals surface area (Å²) in [5.74, 6) is 0.812. The van der Waals surface area contributed by atoms with Crippen LogP contribution < -0.4 is 5.32 Å². The zero-order valence-corrected chi connectivity index (χ0v) is 11.6. The summed E-state index contributed by atoms with van der Waals surface area (Å²) >= 11 is 0. The van der Waals surface area contributed by atoms with Gasteiger partial charge < -0.3 is 10.4 Å². The molecule has 0 atom stereocenters. The quantitative estimate of drug-likeness (QED) is 0.675. The molecule has 0 unspecified atom stereocenters. The monoisotopic (exact) mass is 275 g/mol. The Bertz CT molecular complexity index is 485. The fourth-order valence-electron chi connectivity index (χ4n) is 2.00. The van der Waals surface area contributed by atoms with E-state index in [2.05, 4.69) is 20.8 Å². The predicted octanol–water partition coefficient (Wildman–Crippen LogP) is 1.30. The number of hydrogen-bond acceptors (Lipinski definition) is 5. The second kappa shape index (κ2) is 8.39. The minimum absolute atomic E-state index is 0.291. The van der Waals surface area contributed by atoms with Gasteiger partial charge in [0.2, 0.25) is 0 Å². The Morgan fingerprint density at radius 3 is 2.65 bits per heavy atom. The Kier molecular flexibility index (Phi) is 6.13. The SMILES string of the molecule is OCCCCCCNCc1nnnn1-c1ccccc1. The van der Waals surface area contributed by atoms with E-state index in [-0.39, 0.29) is 0 Å². The van der Waals surface area contributed by atoms with E-state index in [1.54, 1.807) is 4.68 Å². The average molecular weight is 275 g/mol. The van der Waals surface area contributed by atoms with Gasteiger partial charge in [-0.05, 0) is 41.9 Å². The lowest BCUT2D eigenvalue weighted by Gasteiger charge is -2.06. The van der Waals surface area contributed by atoms with Crippen molar-refractivity contribution in [2.45, 2.75) is 32.2 Å². The molecule has 0 aliphatic rings. The standard InChI is InChI=1S/C14H21N5O/c20-11-7-2-1-6-10-15-12-14-16-17-18-19(14)13-8-4-3-5-9-13/h3-5,8-9,15,20H,1-2,6-7,10-12H2. The Balaban J connectivity index is 1.76. The van der Waals surface area contributed by atoms with Crippen LogP contribution in [0.3, 0.4) is 0 Å². The van der Waals surface area contributed by atoms with Crippen LogP contribution >= 0.6 is 0 Å². The smallest absolute Gasteiger partial charge is 0.170 e. The second-order valence-corrected chi connectivity index (χ2v) is 4.66. The lowest BCUT2D eigenvalue weighted by Crippen LogP contribution is -2.18. The predicted molar refractivity (Wildman–Crippen MR) is 76.4 cm³/mol. The lowest BCUT2D eigenvalue weighted by atomic mass is 10.2. The highest BCUT2D eigenvalue weighted by Gasteiger charge is 2.06. The van der Waals surface area contributed by atoms with Crippen molar-refractivity contribution < 1.29 is 5.11 Å². The number of nitrogens with zero attached hydrogens (tertiary/aromatic N) is 4. The topological polar surface area (TPSA) is 75.9 Å². The van der Waals surface area contributed by atoms with Crippen LogP contribution in [0.1, 0.15) is 31.5 Å². The largest absolute Gasteiger partial charge is 0.396 e. The average Bonchev–Trinajstić information content (AvgIpc) is 2.96. The van der Waals surface area contributed by atoms with Crippen molar-refractivity contribution in [3.05, 3.63) is 36.2 Å². The fraction of sp³-hybridized carbons (Fsp3) is 0.500. The second-order valence-electron chi connectivity index (χ2n) is 4.66. The number of aliphatic hydroxyl groups is 1. The van der Waals surface area contributed by atoms with Gasteiger partial charge in [0.15, 0.2) is 5.82 Å². The highest BCUT2D eigenvalue weighted by molar-refractivity contribution is 5.30. The zero-order chi connectivity index (χ0) is 14.0. The molecule has 2 aromatic rings. The molecular weight excluding hydrogens is 254 g/mol. The third kappa shape index (κ3) is 4.40. The normalized spacial score (nSPS) is 10.8. The van der Waals surface area contributed by atoms with E-state index in [0.29, 0.717) is 13.2 Å². The number of nitrogens with one attached hydrogen (secondary N) is 1. The molecule has 0 saturated carbocycles. The molecule has 6 nitrogen and oxygen atoms in total. The van der Waals surface area contributed by atoms with Gasteiger partial charge >= 0.3 is 0 Å². The summed E-state index contributed by atoms with van der Waals surface area (Å²) in [6.07, 6.45) is 4.22. The van der Waals surface area contributed by atoms with Crippen molar-refractivity contribution >= 4 is 0 Å². The molecule has 1 aromatic carbocycles. The molecule has 0 amide bonds. The lowest BCUT2D eigenvalue weighted by molar-refractivity contribution is 0.282. The third-order valence-corrected chi connectivity index (χ3v) is 3.08. The summed E-state index contributed by atoms with van der Waals surface area (Å²) in [4.78, 5) is 0. The first-order chi connectivity index (χ1) is 9.92. The van der Waals surface area contributed by atoms with E-state index in [4.69, 9.17) is 5.11 Å². The van der Waals surface area contributed by atoms with Gasteiger partial charge in [0, 0.05) is 6.61 Å². The molecule has 0 radical (unpaired) electrons. The first kappa shape index (κ1) is 14.6. The van der Waals surface area contributed by atoms with Gasteiger partial charge in [-0.25, -0.2) is 0 Å². The minimum atomic E-state index is 0.291. The summed E-state index contributed by atoms with van der Waals surface area (Å²) in [5.41, 5.74) is 0.970. The van der Waals surface area contributed by atoms with Gasteiger partial charge in [-0.3, -0.25) is 0 Å².